The van der Waals surface area contributed by atoms with Crippen LogP contribution in [-0.4, -0.2) is 14.7 Å². The number of rotatable bonds is 5. The lowest BCUT2D eigenvalue weighted by Crippen LogP contribution is -2.04. The van der Waals surface area contributed by atoms with Gasteiger partial charge in [0.25, 0.3) is 0 Å². The average Bonchev–Trinajstić information content (AvgIpc) is 2.75. The van der Waals surface area contributed by atoms with Crippen LogP contribution in [0.3, 0.4) is 0 Å². The smallest absolute Gasteiger partial charge is 0.125 e. The van der Waals surface area contributed by atoms with Gasteiger partial charge < -0.3 is 9.67 Å². The van der Waals surface area contributed by atoms with E-state index in [1.165, 1.54) is 0 Å². The van der Waals surface area contributed by atoms with Crippen molar-refractivity contribution in [3.8, 4) is 0 Å². The first kappa shape index (κ1) is 14.2. The Morgan fingerprint density at radius 1 is 1.32 bits per heavy atom. The number of hydrogen-bond acceptors (Lipinski definition) is 3. The van der Waals surface area contributed by atoms with E-state index in [0.717, 1.165) is 27.9 Å². The third kappa shape index (κ3) is 3.01. The summed E-state index contributed by atoms with van der Waals surface area (Å²) in [6.45, 7) is 4.34. The fourth-order valence-electron chi connectivity index (χ4n) is 2.00. The minimum absolute atomic E-state index is 0.0229. The van der Waals surface area contributed by atoms with E-state index in [2.05, 4.69) is 26.0 Å². The van der Waals surface area contributed by atoms with E-state index in [1.807, 2.05) is 29.8 Å². The summed E-state index contributed by atoms with van der Waals surface area (Å²) < 4.78 is 2.03. The van der Waals surface area contributed by atoms with Gasteiger partial charge in [-0.15, -0.1) is 0 Å². The summed E-state index contributed by atoms with van der Waals surface area (Å²) in [7, 11) is 1.98. The van der Waals surface area contributed by atoms with Crippen molar-refractivity contribution in [1.82, 2.24) is 9.55 Å². The van der Waals surface area contributed by atoms with Gasteiger partial charge in [0.15, 0.2) is 0 Å². The summed E-state index contributed by atoms with van der Waals surface area (Å²) in [4.78, 5) is 5.86. The Kier molecular flexibility index (Phi) is 4.66. The van der Waals surface area contributed by atoms with E-state index in [-0.39, 0.29) is 6.61 Å². The second-order valence-electron chi connectivity index (χ2n) is 4.66. The summed E-state index contributed by atoms with van der Waals surface area (Å²) in [6.07, 6.45) is 1.05. The van der Waals surface area contributed by atoms with Gasteiger partial charge >= 0.3 is 0 Å². The van der Waals surface area contributed by atoms with Crippen LogP contribution in [0.5, 0.6) is 0 Å². The highest BCUT2D eigenvalue weighted by atomic mass is 32.2. The molecule has 0 fully saturated rings. The number of aromatic nitrogens is 2. The summed E-state index contributed by atoms with van der Waals surface area (Å²) in [6, 6.07) is 10.1. The molecule has 0 saturated heterocycles. The SMILES string of the molecule is CCC(C)c1nc(Sc2ccccc2)c(CO)n1C. The van der Waals surface area contributed by atoms with Crippen molar-refractivity contribution in [1.29, 1.82) is 0 Å². The molecule has 4 heteroatoms. The molecule has 0 aliphatic heterocycles. The summed E-state index contributed by atoms with van der Waals surface area (Å²) in [5.41, 5.74) is 0.893. The van der Waals surface area contributed by atoms with Crippen LogP contribution in [-0.2, 0) is 13.7 Å². The van der Waals surface area contributed by atoms with Crippen LogP contribution in [0.2, 0.25) is 0 Å². The standard InChI is InChI=1S/C15H20N2OS/c1-4-11(2)14-16-15(13(10-18)17(14)3)19-12-8-6-5-7-9-12/h5-9,11,18H,4,10H2,1-3H3. The van der Waals surface area contributed by atoms with Gasteiger partial charge in [-0.05, 0) is 18.6 Å². The zero-order valence-electron chi connectivity index (χ0n) is 11.6. The number of aliphatic hydroxyl groups is 1. The molecule has 2 rings (SSSR count). The molecule has 0 radical (unpaired) electrons. The predicted octanol–water partition coefficient (Wildman–Crippen LogP) is 3.58. The van der Waals surface area contributed by atoms with Crippen molar-refractivity contribution in [2.75, 3.05) is 0 Å². The number of benzene rings is 1. The Labute approximate surface area is 118 Å². The predicted molar refractivity (Wildman–Crippen MR) is 78.4 cm³/mol. The molecule has 19 heavy (non-hydrogen) atoms. The molecule has 0 amide bonds. The zero-order chi connectivity index (χ0) is 13.8. The molecule has 1 atom stereocenters. The van der Waals surface area contributed by atoms with Gasteiger partial charge in [0.05, 0.1) is 12.3 Å². The zero-order valence-corrected chi connectivity index (χ0v) is 12.4. The lowest BCUT2D eigenvalue weighted by Gasteiger charge is -2.09. The van der Waals surface area contributed by atoms with Crippen molar-refractivity contribution in [2.45, 2.75) is 42.7 Å². The number of hydrogen-bond donors (Lipinski definition) is 1. The van der Waals surface area contributed by atoms with Crippen LogP contribution >= 0.6 is 11.8 Å². The molecule has 2 aromatic rings. The molecular weight excluding hydrogens is 256 g/mol. The highest BCUT2D eigenvalue weighted by molar-refractivity contribution is 7.99. The van der Waals surface area contributed by atoms with Crippen LogP contribution in [0.4, 0.5) is 0 Å². The minimum Gasteiger partial charge on any atom is -0.390 e. The highest BCUT2D eigenvalue weighted by Gasteiger charge is 2.18. The third-order valence-electron chi connectivity index (χ3n) is 3.37. The minimum atomic E-state index is 0.0229. The Bertz CT molecular complexity index is 537. The lowest BCUT2D eigenvalue weighted by atomic mass is 10.1. The first-order valence-electron chi connectivity index (χ1n) is 6.56. The van der Waals surface area contributed by atoms with E-state index >= 15 is 0 Å². The summed E-state index contributed by atoms with van der Waals surface area (Å²) >= 11 is 1.61. The molecule has 3 nitrogen and oxygen atoms in total. The van der Waals surface area contributed by atoms with Gasteiger partial charge in [0.1, 0.15) is 10.9 Å². The Hall–Kier alpha value is -1.26. The lowest BCUT2D eigenvalue weighted by molar-refractivity contribution is 0.268. The topological polar surface area (TPSA) is 38.1 Å². The van der Waals surface area contributed by atoms with Crippen LogP contribution in [0.1, 0.15) is 37.7 Å². The molecular formula is C15H20N2OS. The van der Waals surface area contributed by atoms with Crippen molar-refractivity contribution in [2.24, 2.45) is 7.05 Å². The van der Waals surface area contributed by atoms with Crippen molar-refractivity contribution >= 4 is 11.8 Å². The maximum atomic E-state index is 9.57. The Morgan fingerprint density at radius 2 is 2.00 bits per heavy atom. The van der Waals surface area contributed by atoms with Crippen molar-refractivity contribution < 1.29 is 5.11 Å². The molecule has 1 N–H and O–H groups in total. The first-order chi connectivity index (χ1) is 9.17. The highest BCUT2D eigenvalue weighted by Crippen LogP contribution is 2.32. The second-order valence-corrected chi connectivity index (χ2v) is 5.73. The number of imidazole rings is 1. The molecule has 1 aromatic carbocycles. The first-order valence-corrected chi connectivity index (χ1v) is 7.38. The van der Waals surface area contributed by atoms with Crippen LogP contribution in [0.25, 0.3) is 0 Å². The maximum Gasteiger partial charge on any atom is 0.125 e. The number of nitrogens with zero attached hydrogens (tertiary/aromatic N) is 2. The van der Waals surface area contributed by atoms with Gasteiger partial charge in [-0.3, -0.25) is 0 Å². The molecule has 0 aliphatic carbocycles. The van der Waals surface area contributed by atoms with Gasteiger partial charge in [-0.2, -0.15) is 0 Å². The van der Waals surface area contributed by atoms with E-state index in [9.17, 15) is 5.11 Å². The summed E-state index contributed by atoms with van der Waals surface area (Å²) in [5, 5.41) is 10.5. The monoisotopic (exact) mass is 276 g/mol. The molecule has 1 heterocycles. The normalized spacial score (nSPS) is 12.6. The largest absolute Gasteiger partial charge is 0.390 e. The maximum absolute atomic E-state index is 9.57. The number of aliphatic hydroxyl groups excluding tert-OH is 1. The molecule has 0 aliphatic rings. The molecule has 1 unspecified atom stereocenters. The Balaban J connectivity index is 2.35. The Morgan fingerprint density at radius 3 is 2.58 bits per heavy atom. The fourth-order valence-corrected chi connectivity index (χ4v) is 2.98. The van der Waals surface area contributed by atoms with Gasteiger partial charge in [0.2, 0.25) is 0 Å². The van der Waals surface area contributed by atoms with Gasteiger partial charge in [0, 0.05) is 17.9 Å². The van der Waals surface area contributed by atoms with Crippen LogP contribution in [0, 0.1) is 0 Å². The van der Waals surface area contributed by atoms with Gasteiger partial charge in [-0.1, -0.05) is 43.8 Å². The molecule has 0 bridgehead atoms. The molecule has 102 valence electrons. The van der Waals surface area contributed by atoms with E-state index < -0.39 is 0 Å². The molecule has 1 aromatic heterocycles. The van der Waals surface area contributed by atoms with E-state index in [0.29, 0.717) is 5.92 Å². The second kappa shape index (κ2) is 6.26. The molecule has 0 spiro atoms. The fraction of sp³-hybridized carbons (Fsp3) is 0.400. The van der Waals surface area contributed by atoms with Crippen LogP contribution < -0.4 is 0 Å². The summed E-state index contributed by atoms with van der Waals surface area (Å²) in [5.74, 6) is 1.45. The van der Waals surface area contributed by atoms with E-state index in [4.69, 9.17) is 4.98 Å². The van der Waals surface area contributed by atoms with Crippen molar-refractivity contribution in [3.63, 3.8) is 0 Å². The average molecular weight is 276 g/mol. The molecule has 0 saturated carbocycles. The van der Waals surface area contributed by atoms with Crippen molar-refractivity contribution in [3.05, 3.63) is 41.9 Å². The third-order valence-corrected chi connectivity index (χ3v) is 4.40. The van der Waals surface area contributed by atoms with Gasteiger partial charge in [-0.25, -0.2) is 4.98 Å². The quantitative estimate of drug-likeness (QED) is 0.907. The van der Waals surface area contributed by atoms with Crippen LogP contribution in [0.15, 0.2) is 40.3 Å². The van der Waals surface area contributed by atoms with E-state index in [1.54, 1.807) is 11.8 Å².